The number of hydrogen-bond donors (Lipinski definition) is 1. The number of rotatable bonds is 4. The Hall–Kier alpha value is -1.84. The Bertz CT molecular complexity index is 545. The molecule has 4 nitrogen and oxygen atoms in total. The second-order valence-electron chi connectivity index (χ2n) is 4.28. The summed E-state index contributed by atoms with van der Waals surface area (Å²) in [7, 11) is 0. The molecular formula is C13H15NO3. The van der Waals surface area contributed by atoms with E-state index in [-0.39, 0.29) is 5.56 Å². The summed E-state index contributed by atoms with van der Waals surface area (Å²) < 4.78 is 5.54. The minimum absolute atomic E-state index is 0.172. The molecule has 1 aromatic heterocycles. The van der Waals surface area contributed by atoms with Crippen LogP contribution in [0.3, 0.4) is 0 Å². The standard InChI is InChI=1S/C13H15NO3/c1-3-8(2)7-11-14-10-6-4-5-9(13(15)16)12(10)17-11/h4-6,8H,3,7H2,1-2H3,(H,15,16). The van der Waals surface area contributed by atoms with Crippen LogP contribution in [0, 0.1) is 5.92 Å². The van der Waals surface area contributed by atoms with E-state index in [0.717, 1.165) is 12.8 Å². The summed E-state index contributed by atoms with van der Waals surface area (Å²) in [5.74, 6) is 0.112. The number of fused-ring (bicyclic) bond motifs is 1. The van der Waals surface area contributed by atoms with E-state index in [2.05, 4.69) is 18.8 Å². The van der Waals surface area contributed by atoms with Crippen molar-refractivity contribution in [1.29, 1.82) is 0 Å². The number of aromatic carboxylic acids is 1. The van der Waals surface area contributed by atoms with Crippen LogP contribution in [0.1, 0.15) is 36.5 Å². The lowest BCUT2D eigenvalue weighted by atomic mass is 10.1. The quantitative estimate of drug-likeness (QED) is 0.881. The Morgan fingerprint density at radius 2 is 2.29 bits per heavy atom. The molecule has 0 saturated heterocycles. The van der Waals surface area contributed by atoms with Crippen LogP contribution in [0.25, 0.3) is 11.1 Å². The Morgan fingerprint density at radius 3 is 2.94 bits per heavy atom. The first-order valence-electron chi connectivity index (χ1n) is 5.73. The smallest absolute Gasteiger partial charge is 0.339 e. The molecule has 0 amide bonds. The first kappa shape index (κ1) is 11.6. The summed E-state index contributed by atoms with van der Waals surface area (Å²) in [4.78, 5) is 15.3. The number of carbonyl (C=O) groups is 1. The Morgan fingerprint density at radius 1 is 1.53 bits per heavy atom. The first-order chi connectivity index (χ1) is 8.11. The Kier molecular flexibility index (Phi) is 3.13. The van der Waals surface area contributed by atoms with Crippen LogP contribution in [0.2, 0.25) is 0 Å². The third kappa shape index (κ3) is 2.30. The van der Waals surface area contributed by atoms with Crippen LogP contribution >= 0.6 is 0 Å². The van der Waals surface area contributed by atoms with Crippen molar-refractivity contribution in [1.82, 2.24) is 4.98 Å². The predicted molar refractivity (Wildman–Crippen MR) is 64.1 cm³/mol. The second kappa shape index (κ2) is 4.57. The lowest BCUT2D eigenvalue weighted by Gasteiger charge is -2.02. The predicted octanol–water partition coefficient (Wildman–Crippen LogP) is 3.11. The van der Waals surface area contributed by atoms with E-state index in [4.69, 9.17) is 9.52 Å². The normalized spacial score (nSPS) is 12.8. The van der Waals surface area contributed by atoms with Crippen molar-refractivity contribution in [3.05, 3.63) is 29.7 Å². The van der Waals surface area contributed by atoms with Crippen molar-refractivity contribution in [2.24, 2.45) is 5.92 Å². The zero-order chi connectivity index (χ0) is 12.4. The van der Waals surface area contributed by atoms with E-state index in [0.29, 0.717) is 22.9 Å². The van der Waals surface area contributed by atoms with Crippen LogP contribution < -0.4 is 0 Å². The molecule has 1 N–H and O–H groups in total. The molecule has 0 spiro atoms. The molecule has 2 rings (SSSR count). The van der Waals surface area contributed by atoms with Gasteiger partial charge in [0, 0.05) is 6.42 Å². The highest BCUT2D eigenvalue weighted by atomic mass is 16.4. The van der Waals surface area contributed by atoms with Gasteiger partial charge >= 0.3 is 5.97 Å². The Balaban J connectivity index is 2.43. The van der Waals surface area contributed by atoms with Gasteiger partial charge in [-0.05, 0) is 18.1 Å². The molecule has 1 aromatic carbocycles. The summed E-state index contributed by atoms with van der Waals surface area (Å²) in [6.45, 7) is 4.23. The van der Waals surface area contributed by atoms with E-state index in [1.165, 1.54) is 6.07 Å². The SMILES string of the molecule is CCC(C)Cc1nc2cccc(C(=O)O)c2o1. The third-order valence-corrected chi connectivity index (χ3v) is 2.91. The van der Waals surface area contributed by atoms with Crippen molar-refractivity contribution in [3.63, 3.8) is 0 Å². The number of aromatic nitrogens is 1. The van der Waals surface area contributed by atoms with E-state index in [1.54, 1.807) is 12.1 Å². The average molecular weight is 233 g/mol. The van der Waals surface area contributed by atoms with Gasteiger partial charge in [0.05, 0.1) is 0 Å². The highest BCUT2D eigenvalue weighted by Gasteiger charge is 2.15. The highest BCUT2D eigenvalue weighted by molar-refractivity contribution is 5.99. The molecule has 1 atom stereocenters. The molecule has 90 valence electrons. The summed E-state index contributed by atoms with van der Waals surface area (Å²) in [5.41, 5.74) is 1.16. The fraction of sp³-hybridized carbons (Fsp3) is 0.385. The molecule has 1 heterocycles. The number of nitrogens with zero attached hydrogens (tertiary/aromatic N) is 1. The van der Waals surface area contributed by atoms with E-state index in [1.807, 2.05) is 0 Å². The van der Waals surface area contributed by atoms with Crippen LogP contribution in [0.4, 0.5) is 0 Å². The van der Waals surface area contributed by atoms with Crippen molar-refractivity contribution >= 4 is 17.1 Å². The van der Waals surface area contributed by atoms with Gasteiger partial charge in [0.15, 0.2) is 11.5 Å². The lowest BCUT2D eigenvalue weighted by Crippen LogP contribution is -1.97. The molecule has 0 aliphatic rings. The molecule has 0 aliphatic heterocycles. The molecule has 1 unspecified atom stereocenters. The minimum Gasteiger partial charge on any atom is -0.478 e. The van der Waals surface area contributed by atoms with Crippen LogP contribution in [-0.2, 0) is 6.42 Å². The topological polar surface area (TPSA) is 63.3 Å². The number of carboxylic acid groups (broad SMARTS) is 1. The lowest BCUT2D eigenvalue weighted by molar-refractivity contribution is 0.0698. The van der Waals surface area contributed by atoms with Gasteiger partial charge in [0.25, 0.3) is 0 Å². The summed E-state index contributed by atoms with van der Waals surface area (Å²) in [6.07, 6.45) is 1.79. The van der Waals surface area contributed by atoms with Crippen LogP contribution in [-0.4, -0.2) is 16.1 Å². The van der Waals surface area contributed by atoms with Gasteiger partial charge in [-0.3, -0.25) is 0 Å². The monoisotopic (exact) mass is 233 g/mol. The van der Waals surface area contributed by atoms with Gasteiger partial charge < -0.3 is 9.52 Å². The molecular weight excluding hydrogens is 218 g/mol. The first-order valence-corrected chi connectivity index (χ1v) is 5.73. The molecule has 17 heavy (non-hydrogen) atoms. The number of para-hydroxylation sites is 1. The average Bonchev–Trinajstić information content (AvgIpc) is 2.70. The fourth-order valence-electron chi connectivity index (χ4n) is 1.69. The van der Waals surface area contributed by atoms with E-state index >= 15 is 0 Å². The molecule has 0 saturated carbocycles. The van der Waals surface area contributed by atoms with E-state index in [9.17, 15) is 4.79 Å². The minimum atomic E-state index is -0.984. The van der Waals surface area contributed by atoms with Crippen molar-refractivity contribution in [2.45, 2.75) is 26.7 Å². The van der Waals surface area contributed by atoms with Gasteiger partial charge in [-0.2, -0.15) is 0 Å². The van der Waals surface area contributed by atoms with Gasteiger partial charge in [-0.1, -0.05) is 26.3 Å². The van der Waals surface area contributed by atoms with Gasteiger partial charge in [-0.25, -0.2) is 9.78 Å². The summed E-state index contributed by atoms with van der Waals surface area (Å²) in [6, 6.07) is 4.98. The van der Waals surface area contributed by atoms with Crippen molar-refractivity contribution < 1.29 is 14.3 Å². The maximum absolute atomic E-state index is 11.0. The van der Waals surface area contributed by atoms with Crippen molar-refractivity contribution in [3.8, 4) is 0 Å². The number of oxazole rings is 1. The zero-order valence-corrected chi connectivity index (χ0v) is 9.93. The fourth-order valence-corrected chi connectivity index (χ4v) is 1.69. The summed E-state index contributed by atoms with van der Waals surface area (Å²) >= 11 is 0. The molecule has 0 aliphatic carbocycles. The number of carboxylic acids is 1. The van der Waals surface area contributed by atoms with Gasteiger partial charge in [0.2, 0.25) is 0 Å². The number of benzene rings is 1. The third-order valence-electron chi connectivity index (χ3n) is 2.91. The molecule has 0 fully saturated rings. The molecule has 2 aromatic rings. The molecule has 0 bridgehead atoms. The number of hydrogen-bond acceptors (Lipinski definition) is 3. The largest absolute Gasteiger partial charge is 0.478 e. The van der Waals surface area contributed by atoms with Crippen LogP contribution in [0.15, 0.2) is 22.6 Å². The highest BCUT2D eigenvalue weighted by Crippen LogP contribution is 2.22. The summed E-state index contributed by atoms with van der Waals surface area (Å²) in [5, 5.41) is 9.03. The zero-order valence-electron chi connectivity index (χ0n) is 9.93. The molecule has 4 heteroatoms. The van der Waals surface area contributed by atoms with Crippen molar-refractivity contribution in [2.75, 3.05) is 0 Å². The van der Waals surface area contributed by atoms with E-state index < -0.39 is 5.97 Å². The van der Waals surface area contributed by atoms with Gasteiger partial charge in [0.1, 0.15) is 11.1 Å². The second-order valence-corrected chi connectivity index (χ2v) is 4.28. The maximum atomic E-state index is 11.0. The van der Waals surface area contributed by atoms with Crippen LogP contribution in [0.5, 0.6) is 0 Å². The Labute approximate surface area is 99.3 Å². The maximum Gasteiger partial charge on any atom is 0.339 e. The molecule has 0 radical (unpaired) electrons. The van der Waals surface area contributed by atoms with Gasteiger partial charge in [-0.15, -0.1) is 0 Å².